The van der Waals surface area contributed by atoms with Gasteiger partial charge in [0.1, 0.15) is 18.1 Å². The van der Waals surface area contributed by atoms with Crippen molar-refractivity contribution in [3.8, 4) is 0 Å². The van der Waals surface area contributed by atoms with Crippen molar-refractivity contribution in [1.82, 2.24) is 9.80 Å². The molecule has 1 spiro atoms. The largest absolute Gasteiger partial charge is 0.416 e. The highest BCUT2D eigenvalue weighted by molar-refractivity contribution is 5.95. The van der Waals surface area contributed by atoms with Gasteiger partial charge in [0.25, 0.3) is 5.91 Å². The minimum atomic E-state index is -5.09. The maximum atomic E-state index is 13.9. The quantitative estimate of drug-likeness (QED) is 0.245. The van der Waals surface area contributed by atoms with Crippen molar-refractivity contribution in [2.75, 3.05) is 39.5 Å². The van der Waals surface area contributed by atoms with Crippen LogP contribution in [-0.2, 0) is 39.3 Å². The smallest absolute Gasteiger partial charge is 0.377 e. The molecule has 3 aliphatic rings. The second-order valence-electron chi connectivity index (χ2n) is 12.6. The Kier molecular flexibility index (Phi) is 8.90. The number of piperidine rings is 1. The summed E-state index contributed by atoms with van der Waals surface area (Å²) in [6.07, 6.45) is -7.12. The first-order valence-electron chi connectivity index (χ1n) is 15.7. The van der Waals surface area contributed by atoms with Crippen LogP contribution in [0.2, 0.25) is 0 Å². The molecule has 12 heteroatoms. The van der Waals surface area contributed by atoms with Crippen LogP contribution in [0, 0.1) is 5.82 Å². The highest BCUT2D eigenvalue weighted by atomic mass is 19.4. The van der Waals surface area contributed by atoms with Gasteiger partial charge >= 0.3 is 12.4 Å². The minimum absolute atomic E-state index is 0.0103. The second kappa shape index (κ2) is 12.5. The van der Waals surface area contributed by atoms with E-state index in [2.05, 4.69) is 23.1 Å². The number of hydrogen-bond acceptors (Lipinski definition) is 4. The molecule has 2 atom stereocenters. The molecule has 0 radical (unpaired) electrons. The van der Waals surface area contributed by atoms with Crippen LogP contribution in [0.4, 0.5) is 30.7 Å². The summed E-state index contributed by atoms with van der Waals surface area (Å²) in [6, 6.07) is 14.9. The molecule has 0 aromatic heterocycles. The van der Waals surface area contributed by atoms with Gasteiger partial charge in [0.15, 0.2) is 0 Å². The van der Waals surface area contributed by atoms with Gasteiger partial charge in [-0.25, -0.2) is 4.39 Å². The van der Waals surface area contributed by atoms with E-state index in [0.717, 1.165) is 37.3 Å². The van der Waals surface area contributed by atoms with Gasteiger partial charge in [-0.3, -0.25) is 4.79 Å². The van der Waals surface area contributed by atoms with E-state index >= 15 is 0 Å². The van der Waals surface area contributed by atoms with Gasteiger partial charge in [-0.1, -0.05) is 36.4 Å². The predicted molar refractivity (Wildman–Crippen MR) is 159 cm³/mol. The number of halogens is 7. The van der Waals surface area contributed by atoms with E-state index in [0.29, 0.717) is 37.3 Å². The van der Waals surface area contributed by atoms with E-state index in [1.165, 1.54) is 35.4 Å². The van der Waals surface area contributed by atoms with E-state index in [9.17, 15) is 35.5 Å². The van der Waals surface area contributed by atoms with E-state index in [1.807, 2.05) is 13.0 Å². The molecule has 252 valence electrons. The summed E-state index contributed by atoms with van der Waals surface area (Å²) in [7, 11) is 0. The summed E-state index contributed by atoms with van der Waals surface area (Å²) in [5.41, 5.74) is -1.93. The first-order chi connectivity index (χ1) is 22.2. The highest BCUT2D eigenvalue weighted by Crippen LogP contribution is 2.48. The number of benzene rings is 3. The normalized spacial score (nSPS) is 23.0. The average Bonchev–Trinajstić information content (AvgIpc) is 3.60. The topological polar surface area (TPSA) is 42.0 Å². The summed E-state index contributed by atoms with van der Waals surface area (Å²) >= 11 is 0. The SMILES string of the molecule is CCO[C@H]1Cc2ccccc2C12CCN(CC[C@@]1(c3ccc(F)cc3)CN(C(=O)c3cc(C(F)(F)F)cc(C(F)(F)F)c3)CO1)CC2. The number of carbonyl (C=O) groups is 1. The number of fused-ring (bicyclic) bond motifs is 2. The van der Waals surface area contributed by atoms with Gasteiger partial charge in [0, 0.05) is 24.1 Å². The van der Waals surface area contributed by atoms with Crippen molar-refractivity contribution in [2.45, 2.75) is 62.1 Å². The van der Waals surface area contributed by atoms with Gasteiger partial charge in [0.05, 0.1) is 23.8 Å². The Morgan fingerprint density at radius 1 is 0.936 bits per heavy atom. The highest BCUT2D eigenvalue weighted by Gasteiger charge is 2.50. The van der Waals surface area contributed by atoms with Crippen molar-refractivity contribution in [3.05, 3.63) is 106 Å². The molecule has 0 N–H and O–H groups in total. The Morgan fingerprint density at radius 3 is 2.19 bits per heavy atom. The molecule has 3 aromatic rings. The summed E-state index contributed by atoms with van der Waals surface area (Å²) < 4.78 is 107. The molecule has 1 aliphatic carbocycles. The van der Waals surface area contributed by atoms with E-state index in [-0.39, 0.29) is 30.9 Å². The number of nitrogens with zero attached hydrogens (tertiary/aromatic N) is 2. The van der Waals surface area contributed by atoms with E-state index < -0.39 is 46.4 Å². The Labute approximate surface area is 268 Å². The minimum Gasteiger partial charge on any atom is -0.377 e. The first-order valence-corrected chi connectivity index (χ1v) is 15.7. The van der Waals surface area contributed by atoms with Crippen molar-refractivity contribution >= 4 is 5.91 Å². The number of carbonyl (C=O) groups excluding carboxylic acids is 1. The average molecular weight is 665 g/mol. The van der Waals surface area contributed by atoms with Crippen molar-refractivity contribution in [2.24, 2.45) is 0 Å². The summed E-state index contributed by atoms with van der Waals surface area (Å²) in [5.74, 6) is -1.51. The van der Waals surface area contributed by atoms with Crippen molar-refractivity contribution in [1.29, 1.82) is 0 Å². The molecular weight excluding hydrogens is 629 g/mol. The number of ether oxygens (including phenoxy) is 2. The van der Waals surface area contributed by atoms with Gasteiger partial charge < -0.3 is 19.3 Å². The van der Waals surface area contributed by atoms with Crippen LogP contribution >= 0.6 is 0 Å². The van der Waals surface area contributed by atoms with E-state index in [4.69, 9.17) is 9.47 Å². The fourth-order valence-electron chi connectivity index (χ4n) is 7.49. The molecule has 2 saturated heterocycles. The molecule has 47 heavy (non-hydrogen) atoms. The monoisotopic (exact) mass is 664 g/mol. The molecule has 0 saturated carbocycles. The van der Waals surface area contributed by atoms with Crippen LogP contribution in [-0.4, -0.2) is 61.3 Å². The molecule has 2 aliphatic heterocycles. The fraction of sp³-hybridized carbons (Fsp3) is 0.457. The lowest BCUT2D eigenvalue weighted by Crippen LogP contribution is -2.49. The van der Waals surface area contributed by atoms with Gasteiger partial charge in [-0.05, 0) is 92.7 Å². The third-order valence-electron chi connectivity index (χ3n) is 9.96. The Morgan fingerprint density at radius 2 is 1.57 bits per heavy atom. The second-order valence-corrected chi connectivity index (χ2v) is 12.6. The number of amides is 1. The number of hydrogen-bond donors (Lipinski definition) is 0. The Balaban J connectivity index is 1.21. The lowest BCUT2D eigenvalue weighted by atomic mass is 9.72. The molecule has 6 rings (SSSR count). The van der Waals surface area contributed by atoms with Crippen molar-refractivity contribution < 1.29 is 45.0 Å². The zero-order valence-electron chi connectivity index (χ0n) is 25.8. The van der Waals surface area contributed by atoms with Gasteiger partial charge in [0.2, 0.25) is 0 Å². The first kappa shape index (κ1) is 33.4. The summed E-state index contributed by atoms with van der Waals surface area (Å²) in [6.45, 7) is 4.21. The van der Waals surface area contributed by atoms with Crippen LogP contribution < -0.4 is 0 Å². The molecule has 0 unspecified atom stereocenters. The van der Waals surface area contributed by atoms with E-state index in [1.54, 1.807) is 0 Å². The summed E-state index contributed by atoms with van der Waals surface area (Å²) in [5, 5.41) is 0. The standard InChI is InChI=1S/C35H35F7N2O3/c1-2-46-30-19-23-5-3-4-6-29(23)32(30)11-14-43(15-12-32)16-13-33(25-7-9-28(36)10-8-25)21-44(22-47-33)31(45)24-17-26(34(37,38)39)20-27(18-24)35(40,41)42/h3-10,17-18,20,30H,2,11-16,19,21-22H2,1H3/t30-,33-/m0/s1. The lowest BCUT2D eigenvalue weighted by Gasteiger charge is -2.44. The number of likely N-dealkylation sites (tertiary alicyclic amines) is 1. The zero-order valence-corrected chi connectivity index (χ0v) is 25.8. The zero-order chi connectivity index (χ0) is 33.6. The third kappa shape index (κ3) is 6.51. The van der Waals surface area contributed by atoms with Gasteiger partial charge in [-0.15, -0.1) is 0 Å². The van der Waals surface area contributed by atoms with Crippen LogP contribution in [0.1, 0.15) is 64.4 Å². The predicted octanol–water partition coefficient (Wildman–Crippen LogP) is 7.57. The van der Waals surface area contributed by atoms with Crippen LogP contribution in [0.5, 0.6) is 0 Å². The molecular formula is C35H35F7N2O3. The molecule has 3 aromatic carbocycles. The third-order valence-corrected chi connectivity index (χ3v) is 9.96. The van der Waals surface area contributed by atoms with Crippen LogP contribution in [0.15, 0.2) is 66.7 Å². The molecule has 1 amide bonds. The Hall–Kier alpha value is -3.48. The Bertz CT molecular complexity index is 1570. The number of alkyl halides is 6. The maximum absolute atomic E-state index is 13.9. The molecule has 0 bridgehead atoms. The fourth-order valence-corrected chi connectivity index (χ4v) is 7.49. The van der Waals surface area contributed by atoms with Gasteiger partial charge in [-0.2, -0.15) is 26.3 Å². The maximum Gasteiger partial charge on any atom is 0.416 e. The van der Waals surface area contributed by atoms with Crippen molar-refractivity contribution in [3.63, 3.8) is 0 Å². The molecule has 2 heterocycles. The summed E-state index contributed by atoms with van der Waals surface area (Å²) in [4.78, 5) is 16.8. The molecule has 2 fully saturated rings. The lowest BCUT2D eigenvalue weighted by molar-refractivity contribution is -0.143. The molecule has 5 nitrogen and oxygen atoms in total. The number of rotatable bonds is 7. The van der Waals surface area contributed by atoms with Crippen LogP contribution in [0.25, 0.3) is 0 Å². The van der Waals surface area contributed by atoms with Crippen LogP contribution in [0.3, 0.4) is 0 Å².